The second-order valence-electron chi connectivity index (χ2n) is 9.51. The van der Waals surface area contributed by atoms with Gasteiger partial charge in [-0.15, -0.1) is 0 Å². The maximum absolute atomic E-state index is 13.5. The smallest absolute Gasteiger partial charge is 0.326 e. The molecular formula is C26H37N7O5. The maximum atomic E-state index is 13.5. The standard InChI is InChI=1S/C26H37N7O5/c27-11-5-4-9-19(28)23(34)31-20(13-17-7-2-1-3-8-17)24(35)32-21(14-18-15-29-16-30-18)25(36)33-12-6-10-22(33)26(37)38/h1-3,7-8,15-16,19-22H,4-6,9-14,27-28H2,(H,29,30)(H,31,34)(H,32,35)(H,37,38). The lowest BCUT2D eigenvalue weighted by atomic mass is 10.0. The van der Waals surface area contributed by atoms with Gasteiger partial charge in [0.15, 0.2) is 0 Å². The predicted molar refractivity (Wildman–Crippen MR) is 140 cm³/mol. The quantitative estimate of drug-likeness (QED) is 0.180. The zero-order valence-corrected chi connectivity index (χ0v) is 21.3. The highest BCUT2D eigenvalue weighted by Crippen LogP contribution is 2.19. The molecule has 0 saturated carbocycles. The summed E-state index contributed by atoms with van der Waals surface area (Å²) in [6.45, 7) is 0.784. The van der Waals surface area contributed by atoms with Crippen LogP contribution in [0.4, 0.5) is 0 Å². The van der Waals surface area contributed by atoms with E-state index < -0.39 is 47.9 Å². The van der Waals surface area contributed by atoms with Gasteiger partial charge in [-0.1, -0.05) is 36.8 Å². The Bertz CT molecular complexity index is 1060. The van der Waals surface area contributed by atoms with Crippen molar-refractivity contribution in [3.8, 4) is 0 Å². The van der Waals surface area contributed by atoms with E-state index in [-0.39, 0.29) is 19.4 Å². The minimum Gasteiger partial charge on any atom is -0.480 e. The molecule has 0 radical (unpaired) electrons. The molecule has 0 spiro atoms. The average molecular weight is 528 g/mol. The number of aliphatic carboxylic acids is 1. The highest BCUT2D eigenvalue weighted by Gasteiger charge is 2.38. The largest absolute Gasteiger partial charge is 0.480 e. The fourth-order valence-electron chi connectivity index (χ4n) is 4.55. The molecule has 1 aromatic heterocycles. The first kappa shape index (κ1) is 28.8. The first-order valence-electron chi connectivity index (χ1n) is 12.9. The third-order valence-corrected chi connectivity index (χ3v) is 6.64. The summed E-state index contributed by atoms with van der Waals surface area (Å²) in [5.74, 6) is -2.62. The molecule has 3 amide bonds. The zero-order chi connectivity index (χ0) is 27.5. The summed E-state index contributed by atoms with van der Waals surface area (Å²) in [7, 11) is 0. The number of carboxylic acids is 1. The van der Waals surface area contributed by atoms with E-state index in [9.17, 15) is 24.3 Å². The number of aromatic amines is 1. The molecule has 0 aliphatic carbocycles. The van der Waals surface area contributed by atoms with Gasteiger partial charge in [-0.25, -0.2) is 9.78 Å². The summed E-state index contributed by atoms with van der Waals surface area (Å²) in [6.07, 6.45) is 6.01. The molecule has 206 valence electrons. The lowest BCUT2D eigenvalue weighted by Gasteiger charge is -2.29. The van der Waals surface area contributed by atoms with E-state index >= 15 is 0 Å². The number of hydrogen-bond acceptors (Lipinski definition) is 7. The summed E-state index contributed by atoms with van der Waals surface area (Å²) in [5.41, 5.74) is 13.0. The monoisotopic (exact) mass is 527 g/mol. The molecule has 2 aromatic rings. The van der Waals surface area contributed by atoms with Crippen LogP contribution in [0.5, 0.6) is 0 Å². The Morgan fingerprint density at radius 1 is 1.08 bits per heavy atom. The van der Waals surface area contributed by atoms with Crippen molar-refractivity contribution >= 4 is 23.7 Å². The van der Waals surface area contributed by atoms with Crippen molar-refractivity contribution in [2.45, 2.75) is 69.1 Å². The molecule has 12 heteroatoms. The molecule has 2 heterocycles. The molecule has 1 aliphatic heterocycles. The van der Waals surface area contributed by atoms with E-state index in [1.165, 1.54) is 17.4 Å². The van der Waals surface area contributed by atoms with Gasteiger partial charge in [0.2, 0.25) is 17.7 Å². The van der Waals surface area contributed by atoms with Gasteiger partial charge in [-0.2, -0.15) is 0 Å². The number of hydrogen-bond donors (Lipinski definition) is 6. The van der Waals surface area contributed by atoms with Crippen molar-refractivity contribution in [2.24, 2.45) is 11.5 Å². The van der Waals surface area contributed by atoms with Crippen LogP contribution >= 0.6 is 0 Å². The van der Waals surface area contributed by atoms with Gasteiger partial charge in [-0.05, 0) is 37.8 Å². The van der Waals surface area contributed by atoms with E-state index in [0.29, 0.717) is 37.9 Å². The number of unbranched alkanes of at least 4 members (excludes halogenated alkanes) is 1. The topological polar surface area (TPSA) is 197 Å². The van der Waals surface area contributed by atoms with Crippen LogP contribution in [0, 0.1) is 0 Å². The van der Waals surface area contributed by atoms with Crippen molar-refractivity contribution in [2.75, 3.05) is 13.1 Å². The summed E-state index contributed by atoms with van der Waals surface area (Å²) >= 11 is 0. The summed E-state index contributed by atoms with van der Waals surface area (Å²) in [4.78, 5) is 59.7. The van der Waals surface area contributed by atoms with Crippen LogP contribution in [0.15, 0.2) is 42.9 Å². The SMILES string of the molecule is NCCCCC(N)C(=O)NC(Cc1ccccc1)C(=O)NC(Cc1cnc[nH]1)C(=O)N1CCCC1C(=O)O. The third kappa shape index (κ3) is 8.12. The molecule has 1 fully saturated rings. The lowest BCUT2D eigenvalue weighted by Crippen LogP contribution is -2.58. The number of rotatable bonds is 14. The zero-order valence-electron chi connectivity index (χ0n) is 21.3. The van der Waals surface area contributed by atoms with Gasteiger partial charge in [0.1, 0.15) is 18.1 Å². The molecule has 1 aliphatic rings. The second-order valence-corrected chi connectivity index (χ2v) is 9.51. The van der Waals surface area contributed by atoms with Crippen molar-refractivity contribution < 1.29 is 24.3 Å². The van der Waals surface area contributed by atoms with Crippen molar-refractivity contribution in [1.29, 1.82) is 0 Å². The van der Waals surface area contributed by atoms with E-state index in [2.05, 4.69) is 20.6 Å². The van der Waals surface area contributed by atoms with Gasteiger partial charge in [0.25, 0.3) is 0 Å². The van der Waals surface area contributed by atoms with Crippen LogP contribution in [0.2, 0.25) is 0 Å². The molecule has 1 aromatic carbocycles. The summed E-state index contributed by atoms with van der Waals surface area (Å²) in [6, 6.07) is 5.35. The Morgan fingerprint density at radius 2 is 1.82 bits per heavy atom. The van der Waals surface area contributed by atoms with E-state index in [1.807, 2.05) is 30.3 Å². The second kappa shape index (κ2) is 14.2. The number of carboxylic acid groups (broad SMARTS) is 1. The van der Waals surface area contributed by atoms with Gasteiger partial charge < -0.3 is 37.1 Å². The Balaban J connectivity index is 1.79. The van der Waals surface area contributed by atoms with Crippen molar-refractivity contribution in [3.05, 3.63) is 54.1 Å². The molecule has 12 nitrogen and oxygen atoms in total. The number of carbonyl (C=O) groups is 4. The number of imidazole rings is 1. The number of nitrogens with zero attached hydrogens (tertiary/aromatic N) is 2. The Morgan fingerprint density at radius 3 is 2.47 bits per heavy atom. The molecule has 38 heavy (non-hydrogen) atoms. The molecule has 0 bridgehead atoms. The third-order valence-electron chi connectivity index (χ3n) is 6.64. The summed E-state index contributed by atoms with van der Waals surface area (Å²) < 4.78 is 0. The Hall–Kier alpha value is -3.77. The molecule has 1 saturated heterocycles. The number of nitrogens with two attached hydrogens (primary N) is 2. The Kier molecular flexibility index (Phi) is 10.8. The Labute approximate surface area is 221 Å². The summed E-state index contributed by atoms with van der Waals surface area (Å²) in [5, 5.41) is 15.1. The molecule has 3 rings (SSSR count). The van der Waals surface area contributed by atoms with Gasteiger partial charge in [0, 0.05) is 31.3 Å². The van der Waals surface area contributed by atoms with Crippen molar-refractivity contribution in [3.63, 3.8) is 0 Å². The van der Waals surface area contributed by atoms with Crippen LogP contribution < -0.4 is 22.1 Å². The van der Waals surface area contributed by atoms with Gasteiger partial charge >= 0.3 is 5.97 Å². The van der Waals surface area contributed by atoms with Crippen molar-refractivity contribution in [1.82, 2.24) is 25.5 Å². The lowest BCUT2D eigenvalue weighted by molar-refractivity contribution is -0.149. The van der Waals surface area contributed by atoms with Crippen LogP contribution in [-0.4, -0.2) is 80.9 Å². The molecule has 4 atom stereocenters. The van der Waals surface area contributed by atoms with Gasteiger partial charge in [0.05, 0.1) is 12.4 Å². The van der Waals surface area contributed by atoms with Crippen LogP contribution in [-0.2, 0) is 32.0 Å². The molecular weight excluding hydrogens is 490 g/mol. The molecule has 8 N–H and O–H groups in total. The fourth-order valence-corrected chi connectivity index (χ4v) is 4.55. The minimum atomic E-state index is -1.08. The van der Waals surface area contributed by atoms with E-state index in [0.717, 1.165) is 12.0 Å². The average Bonchev–Trinajstić information content (AvgIpc) is 3.60. The van der Waals surface area contributed by atoms with Crippen LogP contribution in [0.3, 0.4) is 0 Å². The minimum absolute atomic E-state index is 0.0814. The van der Waals surface area contributed by atoms with E-state index in [4.69, 9.17) is 11.5 Å². The number of amides is 3. The number of carbonyl (C=O) groups excluding carboxylic acids is 3. The number of nitrogens with one attached hydrogen (secondary N) is 3. The number of aromatic nitrogens is 2. The first-order chi connectivity index (χ1) is 18.3. The highest BCUT2D eigenvalue weighted by atomic mass is 16.4. The molecule has 4 unspecified atom stereocenters. The normalized spacial score (nSPS) is 17.4. The number of benzene rings is 1. The maximum Gasteiger partial charge on any atom is 0.326 e. The fraction of sp³-hybridized carbons (Fsp3) is 0.500. The highest BCUT2D eigenvalue weighted by molar-refractivity contribution is 5.94. The van der Waals surface area contributed by atoms with Gasteiger partial charge in [-0.3, -0.25) is 14.4 Å². The predicted octanol–water partition coefficient (Wildman–Crippen LogP) is -0.304. The number of H-pyrrole nitrogens is 1. The van der Waals surface area contributed by atoms with E-state index in [1.54, 1.807) is 0 Å². The van der Waals surface area contributed by atoms with Crippen LogP contribution in [0.1, 0.15) is 43.4 Å². The first-order valence-corrected chi connectivity index (χ1v) is 12.9. The van der Waals surface area contributed by atoms with Crippen LogP contribution in [0.25, 0.3) is 0 Å². The number of likely N-dealkylation sites (tertiary alicyclic amines) is 1.